The number of sulfonamides is 1. The third-order valence-electron chi connectivity index (χ3n) is 3.64. The molecule has 1 fully saturated rings. The van der Waals surface area contributed by atoms with E-state index >= 15 is 0 Å². The third-order valence-corrected chi connectivity index (χ3v) is 5.71. The number of piperidine rings is 1. The highest BCUT2D eigenvalue weighted by molar-refractivity contribution is 9.10. The number of carbonyl (C=O) groups excluding carboxylic acids is 1. The fourth-order valence-electron chi connectivity index (χ4n) is 2.54. The van der Waals surface area contributed by atoms with E-state index in [2.05, 4.69) is 21.2 Å². The Bertz CT molecular complexity index is 666. The van der Waals surface area contributed by atoms with Gasteiger partial charge in [0.2, 0.25) is 15.9 Å². The van der Waals surface area contributed by atoms with E-state index in [0.717, 1.165) is 19.1 Å². The van der Waals surface area contributed by atoms with Gasteiger partial charge in [-0.3, -0.25) is 4.79 Å². The molecule has 1 aromatic carbocycles. The molecule has 22 heavy (non-hydrogen) atoms. The van der Waals surface area contributed by atoms with Gasteiger partial charge in [0.15, 0.2) is 0 Å². The zero-order chi connectivity index (χ0) is 16.3. The fourth-order valence-corrected chi connectivity index (χ4v) is 4.05. The van der Waals surface area contributed by atoms with Crippen molar-refractivity contribution < 1.29 is 17.6 Å². The Kier molecular flexibility index (Phi) is 5.57. The number of amides is 1. The molecule has 0 aromatic heterocycles. The van der Waals surface area contributed by atoms with E-state index in [1.54, 1.807) is 6.07 Å². The molecule has 1 heterocycles. The van der Waals surface area contributed by atoms with Gasteiger partial charge in [-0.05, 0) is 36.6 Å². The normalized spacial score (nSPS) is 19.9. The van der Waals surface area contributed by atoms with Gasteiger partial charge in [0.25, 0.3) is 0 Å². The van der Waals surface area contributed by atoms with Crippen LogP contribution in [-0.4, -0.2) is 37.5 Å². The number of hydrogen-bond donors (Lipinski definition) is 1. The predicted molar refractivity (Wildman–Crippen MR) is 85.1 cm³/mol. The third kappa shape index (κ3) is 4.27. The first kappa shape index (κ1) is 17.4. The Morgan fingerprint density at radius 2 is 2.18 bits per heavy atom. The lowest BCUT2D eigenvalue weighted by molar-refractivity contribution is -0.125. The van der Waals surface area contributed by atoms with Crippen molar-refractivity contribution in [1.82, 2.24) is 9.62 Å². The van der Waals surface area contributed by atoms with Crippen LogP contribution in [0.4, 0.5) is 4.39 Å². The molecule has 1 aromatic rings. The summed E-state index contributed by atoms with van der Waals surface area (Å²) in [5, 5.41) is 2.70. The molecule has 0 aliphatic carbocycles. The Morgan fingerprint density at radius 1 is 1.45 bits per heavy atom. The SMILES string of the molecule is CS(=O)(=O)N1CCCCC1C(=O)NCc1cc(F)ccc1Br. The highest BCUT2D eigenvalue weighted by atomic mass is 79.9. The number of benzene rings is 1. The zero-order valence-corrected chi connectivity index (χ0v) is 14.6. The van der Waals surface area contributed by atoms with Crippen LogP contribution in [0, 0.1) is 5.82 Å². The molecule has 1 unspecified atom stereocenters. The van der Waals surface area contributed by atoms with Crippen molar-refractivity contribution in [3.05, 3.63) is 34.1 Å². The lowest BCUT2D eigenvalue weighted by atomic mass is 10.0. The smallest absolute Gasteiger partial charge is 0.238 e. The molecule has 5 nitrogen and oxygen atoms in total. The first-order valence-corrected chi connectivity index (χ1v) is 9.61. The van der Waals surface area contributed by atoms with Crippen LogP contribution in [0.5, 0.6) is 0 Å². The van der Waals surface area contributed by atoms with Crippen LogP contribution < -0.4 is 5.32 Å². The monoisotopic (exact) mass is 392 g/mol. The van der Waals surface area contributed by atoms with E-state index in [-0.39, 0.29) is 18.3 Å². The number of nitrogens with one attached hydrogen (secondary N) is 1. The number of nitrogens with zero attached hydrogens (tertiary/aromatic N) is 1. The molecule has 1 N–H and O–H groups in total. The molecule has 1 aliphatic rings. The van der Waals surface area contributed by atoms with Crippen LogP contribution in [0.25, 0.3) is 0 Å². The number of rotatable bonds is 4. The molecule has 1 saturated heterocycles. The Balaban J connectivity index is 2.06. The van der Waals surface area contributed by atoms with Gasteiger partial charge in [-0.25, -0.2) is 12.8 Å². The average molecular weight is 393 g/mol. The minimum absolute atomic E-state index is 0.144. The second kappa shape index (κ2) is 7.06. The summed E-state index contributed by atoms with van der Waals surface area (Å²) in [5.41, 5.74) is 0.607. The Hall–Kier alpha value is -0.990. The average Bonchev–Trinajstić information content (AvgIpc) is 2.47. The van der Waals surface area contributed by atoms with Crippen LogP contribution in [0.15, 0.2) is 22.7 Å². The number of carbonyl (C=O) groups is 1. The maximum absolute atomic E-state index is 13.2. The summed E-state index contributed by atoms with van der Waals surface area (Å²) in [6.45, 7) is 0.506. The van der Waals surface area contributed by atoms with Gasteiger partial charge in [-0.15, -0.1) is 0 Å². The van der Waals surface area contributed by atoms with Gasteiger partial charge in [-0.1, -0.05) is 22.4 Å². The Morgan fingerprint density at radius 3 is 2.86 bits per heavy atom. The first-order valence-electron chi connectivity index (χ1n) is 6.97. The summed E-state index contributed by atoms with van der Waals surface area (Å²) in [5.74, 6) is -0.732. The van der Waals surface area contributed by atoms with E-state index in [1.165, 1.54) is 16.4 Å². The molecule has 0 radical (unpaired) electrons. The van der Waals surface area contributed by atoms with Gasteiger partial charge >= 0.3 is 0 Å². The summed E-state index contributed by atoms with van der Waals surface area (Å²) >= 11 is 3.30. The molecule has 122 valence electrons. The summed E-state index contributed by atoms with van der Waals surface area (Å²) in [7, 11) is -3.41. The Labute approximate surface area is 138 Å². The highest BCUT2D eigenvalue weighted by Crippen LogP contribution is 2.21. The maximum atomic E-state index is 13.2. The van der Waals surface area contributed by atoms with Gasteiger partial charge < -0.3 is 5.32 Å². The molecule has 0 saturated carbocycles. The van der Waals surface area contributed by atoms with Crippen LogP contribution >= 0.6 is 15.9 Å². The molecule has 1 amide bonds. The van der Waals surface area contributed by atoms with E-state index in [4.69, 9.17) is 0 Å². The molecule has 8 heteroatoms. The number of hydrogen-bond acceptors (Lipinski definition) is 3. The van der Waals surface area contributed by atoms with Gasteiger partial charge in [0, 0.05) is 17.6 Å². The number of halogens is 2. The van der Waals surface area contributed by atoms with Crippen molar-refractivity contribution in [3.8, 4) is 0 Å². The van der Waals surface area contributed by atoms with Crippen molar-refractivity contribution >= 4 is 31.9 Å². The van der Waals surface area contributed by atoms with Gasteiger partial charge in [0.05, 0.1) is 6.26 Å². The van der Waals surface area contributed by atoms with Gasteiger partial charge in [-0.2, -0.15) is 4.31 Å². The van der Waals surface area contributed by atoms with E-state index in [1.807, 2.05) is 0 Å². The lowest BCUT2D eigenvalue weighted by Crippen LogP contribution is -2.51. The first-order chi connectivity index (χ1) is 10.3. The topological polar surface area (TPSA) is 66.5 Å². The van der Waals surface area contributed by atoms with E-state index in [9.17, 15) is 17.6 Å². The lowest BCUT2D eigenvalue weighted by Gasteiger charge is -2.32. The molecule has 0 spiro atoms. The van der Waals surface area contributed by atoms with E-state index < -0.39 is 16.1 Å². The molecule has 0 bridgehead atoms. The van der Waals surface area contributed by atoms with Crippen molar-refractivity contribution in [1.29, 1.82) is 0 Å². The van der Waals surface area contributed by atoms with E-state index in [0.29, 0.717) is 23.0 Å². The molecular formula is C14H18BrFN2O3S. The van der Waals surface area contributed by atoms with Crippen molar-refractivity contribution in [2.75, 3.05) is 12.8 Å². The van der Waals surface area contributed by atoms with Crippen molar-refractivity contribution in [2.24, 2.45) is 0 Å². The molecule has 1 aliphatic heterocycles. The molecular weight excluding hydrogens is 375 g/mol. The highest BCUT2D eigenvalue weighted by Gasteiger charge is 2.34. The molecule has 1 atom stereocenters. The van der Waals surface area contributed by atoms with Crippen molar-refractivity contribution in [2.45, 2.75) is 31.8 Å². The maximum Gasteiger partial charge on any atom is 0.238 e. The van der Waals surface area contributed by atoms with Crippen molar-refractivity contribution in [3.63, 3.8) is 0 Å². The predicted octanol–water partition coefficient (Wildman–Crippen LogP) is 2.02. The second-order valence-corrected chi connectivity index (χ2v) is 8.13. The minimum Gasteiger partial charge on any atom is -0.351 e. The summed E-state index contributed by atoms with van der Waals surface area (Å²) in [6.07, 6.45) is 3.19. The zero-order valence-electron chi connectivity index (χ0n) is 12.2. The van der Waals surface area contributed by atoms with Crippen LogP contribution in [0.3, 0.4) is 0 Å². The summed E-state index contributed by atoms with van der Waals surface area (Å²) in [4.78, 5) is 12.3. The molecule has 2 rings (SSSR count). The standard InChI is InChI=1S/C14H18BrFN2O3S/c1-22(20,21)18-7-3-2-4-13(18)14(19)17-9-10-8-11(16)5-6-12(10)15/h5-6,8,13H,2-4,7,9H2,1H3,(H,17,19). The van der Waals surface area contributed by atoms with Crippen LogP contribution in [0.1, 0.15) is 24.8 Å². The van der Waals surface area contributed by atoms with Gasteiger partial charge in [0.1, 0.15) is 11.9 Å². The minimum atomic E-state index is -3.41. The quantitative estimate of drug-likeness (QED) is 0.851. The van der Waals surface area contributed by atoms with Crippen LogP contribution in [-0.2, 0) is 21.4 Å². The van der Waals surface area contributed by atoms with Crippen LogP contribution in [0.2, 0.25) is 0 Å². The fraction of sp³-hybridized carbons (Fsp3) is 0.500. The summed E-state index contributed by atoms with van der Waals surface area (Å²) in [6, 6.07) is 3.54. The second-order valence-electron chi connectivity index (χ2n) is 5.34. The summed E-state index contributed by atoms with van der Waals surface area (Å²) < 4.78 is 38.7. The largest absolute Gasteiger partial charge is 0.351 e.